The lowest BCUT2D eigenvalue weighted by Crippen LogP contribution is -1.99. The van der Waals surface area contributed by atoms with E-state index in [-0.39, 0.29) is 0 Å². The van der Waals surface area contributed by atoms with Crippen LogP contribution in [0.25, 0.3) is 0 Å². The molecule has 0 aliphatic heterocycles. The second-order valence-corrected chi connectivity index (χ2v) is 4.15. The number of rotatable bonds is 3. The summed E-state index contributed by atoms with van der Waals surface area (Å²) in [5.41, 5.74) is 3.05. The van der Waals surface area contributed by atoms with Crippen LogP contribution in [0.1, 0.15) is 17.1 Å². The molecule has 2 aromatic rings. The fourth-order valence-electron chi connectivity index (χ4n) is 1.43. The van der Waals surface area contributed by atoms with E-state index < -0.39 is 0 Å². The molecule has 2 aromatic heterocycles. The van der Waals surface area contributed by atoms with Gasteiger partial charge in [-0.05, 0) is 41.9 Å². The second-order valence-electron chi connectivity index (χ2n) is 3.37. The van der Waals surface area contributed by atoms with Crippen LogP contribution in [0.5, 0.6) is 0 Å². The third kappa shape index (κ3) is 2.23. The van der Waals surface area contributed by atoms with Gasteiger partial charge in [0.1, 0.15) is 5.76 Å². The fraction of sp³-hybridized carbons (Fsp3) is 0.300. The lowest BCUT2D eigenvalue weighted by Gasteiger charge is -2.03. The van der Waals surface area contributed by atoms with Crippen molar-refractivity contribution < 1.29 is 4.42 Å². The van der Waals surface area contributed by atoms with Gasteiger partial charge in [-0.2, -0.15) is 5.10 Å². The predicted octanol–water partition coefficient (Wildman–Crippen LogP) is 2.99. The number of halogens is 1. The van der Waals surface area contributed by atoms with Crippen molar-refractivity contribution >= 4 is 21.6 Å². The summed E-state index contributed by atoms with van der Waals surface area (Å²) < 4.78 is 6.14. The maximum Gasteiger partial charge on any atom is 0.169 e. The number of nitrogens with one attached hydrogen (secondary N) is 2. The quantitative estimate of drug-likeness (QED) is 0.901. The maximum atomic E-state index is 5.39. The Labute approximate surface area is 96.2 Å². The zero-order valence-corrected chi connectivity index (χ0v) is 10.2. The highest BCUT2D eigenvalue weighted by Gasteiger charge is 2.06. The average molecular weight is 270 g/mol. The predicted molar refractivity (Wildman–Crippen MR) is 61.8 cm³/mol. The number of H-pyrrole nitrogens is 1. The second kappa shape index (κ2) is 4.10. The Morgan fingerprint density at radius 2 is 2.27 bits per heavy atom. The first-order chi connectivity index (χ1) is 7.16. The maximum absolute atomic E-state index is 5.39. The minimum atomic E-state index is 0.660. The monoisotopic (exact) mass is 269 g/mol. The van der Waals surface area contributed by atoms with Gasteiger partial charge in [-0.3, -0.25) is 5.10 Å². The molecule has 4 nitrogen and oxygen atoms in total. The molecule has 0 aliphatic carbocycles. The van der Waals surface area contributed by atoms with Gasteiger partial charge in [0.2, 0.25) is 0 Å². The zero-order chi connectivity index (χ0) is 10.8. The summed E-state index contributed by atoms with van der Waals surface area (Å²) in [6, 6.07) is 3.81. The third-order valence-corrected chi connectivity index (χ3v) is 2.62. The van der Waals surface area contributed by atoms with Gasteiger partial charge in [-0.15, -0.1) is 0 Å². The molecule has 0 fully saturated rings. The molecule has 80 valence electrons. The van der Waals surface area contributed by atoms with E-state index in [1.165, 1.54) is 0 Å². The molecule has 0 spiro atoms. The zero-order valence-electron chi connectivity index (χ0n) is 8.60. The van der Waals surface area contributed by atoms with Crippen LogP contribution in [-0.2, 0) is 6.54 Å². The Hall–Kier alpha value is -1.23. The largest absolute Gasteiger partial charge is 0.452 e. The van der Waals surface area contributed by atoms with E-state index in [0.29, 0.717) is 6.54 Å². The SMILES string of the molecule is Cc1n[nH]c(C)c1NCc1ccc(Br)o1. The first-order valence-corrected chi connectivity index (χ1v) is 5.46. The Morgan fingerprint density at radius 3 is 2.80 bits per heavy atom. The fourth-order valence-corrected chi connectivity index (χ4v) is 1.77. The smallest absolute Gasteiger partial charge is 0.169 e. The molecule has 0 aliphatic rings. The average Bonchev–Trinajstić information content (AvgIpc) is 2.73. The van der Waals surface area contributed by atoms with Gasteiger partial charge in [0, 0.05) is 0 Å². The molecule has 2 heterocycles. The molecule has 2 N–H and O–H groups in total. The number of aryl methyl sites for hydroxylation is 2. The number of nitrogens with zero attached hydrogens (tertiary/aromatic N) is 1. The number of hydrogen-bond donors (Lipinski definition) is 2. The van der Waals surface area contributed by atoms with Crippen molar-refractivity contribution in [1.29, 1.82) is 0 Å². The lowest BCUT2D eigenvalue weighted by atomic mass is 10.3. The van der Waals surface area contributed by atoms with Crippen molar-refractivity contribution in [3.8, 4) is 0 Å². The van der Waals surface area contributed by atoms with Crippen LogP contribution in [0.15, 0.2) is 21.2 Å². The summed E-state index contributed by atoms with van der Waals surface area (Å²) in [7, 11) is 0. The van der Waals surface area contributed by atoms with E-state index in [2.05, 4.69) is 31.4 Å². The van der Waals surface area contributed by atoms with Gasteiger partial charge in [-0.25, -0.2) is 0 Å². The molecule has 0 amide bonds. The molecule has 0 radical (unpaired) electrons. The molecular formula is C10H12BrN3O. The van der Waals surface area contributed by atoms with Gasteiger partial charge in [-0.1, -0.05) is 0 Å². The van der Waals surface area contributed by atoms with E-state index in [1.54, 1.807) is 0 Å². The molecule has 0 saturated carbocycles. The van der Waals surface area contributed by atoms with E-state index in [1.807, 2.05) is 26.0 Å². The molecule has 15 heavy (non-hydrogen) atoms. The summed E-state index contributed by atoms with van der Waals surface area (Å²) in [6.45, 7) is 4.61. The molecule has 0 saturated heterocycles. The number of anilines is 1. The van der Waals surface area contributed by atoms with Crippen molar-refractivity contribution in [2.75, 3.05) is 5.32 Å². The van der Waals surface area contributed by atoms with Crippen LogP contribution in [0.4, 0.5) is 5.69 Å². The number of aromatic nitrogens is 2. The summed E-state index contributed by atoms with van der Waals surface area (Å²) in [5.74, 6) is 0.891. The minimum absolute atomic E-state index is 0.660. The van der Waals surface area contributed by atoms with Crippen LogP contribution < -0.4 is 5.32 Å². The van der Waals surface area contributed by atoms with Crippen molar-refractivity contribution in [2.24, 2.45) is 0 Å². The van der Waals surface area contributed by atoms with Crippen LogP contribution in [0, 0.1) is 13.8 Å². The molecule has 0 unspecified atom stereocenters. The topological polar surface area (TPSA) is 53.9 Å². The van der Waals surface area contributed by atoms with Gasteiger partial charge in [0.05, 0.1) is 23.6 Å². The van der Waals surface area contributed by atoms with Crippen LogP contribution in [0.3, 0.4) is 0 Å². The highest BCUT2D eigenvalue weighted by atomic mass is 79.9. The number of furan rings is 1. The summed E-state index contributed by atoms with van der Waals surface area (Å²) in [5, 5.41) is 10.3. The summed E-state index contributed by atoms with van der Waals surface area (Å²) in [6.07, 6.45) is 0. The van der Waals surface area contributed by atoms with Gasteiger partial charge < -0.3 is 9.73 Å². The van der Waals surface area contributed by atoms with Gasteiger partial charge >= 0.3 is 0 Å². The van der Waals surface area contributed by atoms with Crippen LogP contribution in [-0.4, -0.2) is 10.2 Å². The van der Waals surface area contributed by atoms with Crippen molar-refractivity contribution in [2.45, 2.75) is 20.4 Å². The van der Waals surface area contributed by atoms with Crippen molar-refractivity contribution in [1.82, 2.24) is 10.2 Å². The van der Waals surface area contributed by atoms with Crippen molar-refractivity contribution in [3.63, 3.8) is 0 Å². The number of aromatic amines is 1. The molecule has 0 bridgehead atoms. The molecule has 0 atom stereocenters. The highest BCUT2D eigenvalue weighted by Crippen LogP contribution is 2.19. The van der Waals surface area contributed by atoms with E-state index in [4.69, 9.17) is 4.42 Å². The van der Waals surface area contributed by atoms with E-state index >= 15 is 0 Å². The minimum Gasteiger partial charge on any atom is -0.452 e. The molecule has 0 aromatic carbocycles. The third-order valence-electron chi connectivity index (χ3n) is 2.20. The van der Waals surface area contributed by atoms with Gasteiger partial charge in [0.15, 0.2) is 4.67 Å². The van der Waals surface area contributed by atoms with Crippen LogP contribution in [0.2, 0.25) is 0 Å². The Morgan fingerprint density at radius 1 is 1.47 bits per heavy atom. The molecule has 2 rings (SSSR count). The Kier molecular flexibility index (Phi) is 2.81. The molecular weight excluding hydrogens is 258 g/mol. The van der Waals surface area contributed by atoms with E-state index in [0.717, 1.165) is 27.5 Å². The Bertz CT molecular complexity index is 441. The first kappa shape index (κ1) is 10.3. The van der Waals surface area contributed by atoms with Gasteiger partial charge in [0.25, 0.3) is 0 Å². The van der Waals surface area contributed by atoms with Crippen LogP contribution >= 0.6 is 15.9 Å². The highest BCUT2D eigenvalue weighted by molar-refractivity contribution is 9.10. The standard InChI is InChI=1S/C10H12BrN3O/c1-6-10(7(2)14-13-6)12-5-8-3-4-9(11)15-8/h3-4,12H,5H2,1-2H3,(H,13,14). The first-order valence-electron chi connectivity index (χ1n) is 4.66. The lowest BCUT2D eigenvalue weighted by molar-refractivity contribution is 0.495. The summed E-state index contributed by atoms with van der Waals surface area (Å²) in [4.78, 5) is 0. The Balaban J connectivity index is 2.05. The van der Waals surface area contributed by atoms with E-state index in [9.17, 15) is 0 Å². The number of hydrogen-bond acceptors (Lipinski definition) is 3. The normalized spacial score (nSPS) is 10.6. The van der Waals surface area contributed by atoms with Crippen molar-refractivity contribution in [3.05, 3.63) is 34.0 Å². The summed E-state index contributed by atoms with van der Waals surface area (Å²) >= 11 is 3.27. The molecule has 5 heteroatoms.